The monoisotopic (exact) mass is 312 g/mol. The number of hydrogen-bond donors (Lipinski definition) is 1. The Hall–Kier alpha value is -2.63. The van der Waals surface area contributed by atoms with Gasteiger partial charge in [0, 0.05) is 38.3 Å². The number of hydrogen-bond acceptors (Lipinski definition) is 3. The standard InChI is InChI=1S/C17H20N4O2/c1-20-9-7-14(11-15(20)22)16(23)19-17-18-8-10-21(17)12-13-5-3-2-4-6-13/h2-6,8,10,14H,7,9,11-12H2,1H3,(H,18,19,23). The lowest BCUT2D eigenvalue weighted by Gasteiger charge is -2.27. The van der Waals surface area contributed by atoms with Crippen molar-refractivity contribution in [2.75, 3.05) is 18.9 Å². The highest BCUT2D eigenvalue weighted by molar-refractivity contribution is 5.94. The van der Waals surface area contributed by atoms with Gasteiger partial charge in [0.25, 0.3) is 0 Å². The van der Waals surface area contributed by atoms with E-state index in [1.807, 2.05) is 41.1 Å². The molecule has 2 aromatic rings. The molecule has 120 valence electrons. The van der Waals surface area contributed by atoms with E-state index in [-0.39, 0.29) is 24.2 Å². The number of nitrogens with zero attached hydrogens (tertiary/aromatic N) is 3. The fourth-order valence-electron chi connectivity index (χ4n) is 2.72. The van der Waals surface area contributed by atoms with Crippen LogP contribution in [0.5, 0.6) is 0 Å². The van der Waals surface area contributed by atoms with Crippen LogP contribution in [0.2, 0.25) is 0 Å². The van der Waals surface area contributed by atoms with Crippen LogP contribution in [0.1, 0.15) is 18.4 Å². The molecule has 1 aliphatic rings. The third-order valence-electron chi connectivity index (χ3n) is 4.18. The van der Waals surface area contributed by atoms with Gasteiger partial charge >= 0.3 is 0 Å². The summed E-state index contributed by atoms with van der Waals surface area (Å²) in [5, 5.41) is 2.86. The summed E-state index contributed by atoms with van der Waals surface area (Å²) in [7, 11) is 1.77. The fraction of sp³-hybridized carbons (Fsp3) is 0.353. The summed E-state index contributed by atoms with van der Waals surface area (Å²) in [5.41, 5.74) is 1.13. The number of amides is 2. The van der Waals surface area contributed by atoms with Crippen LogP contribution in [0.3, 0.4) is 0 Å². The Kier molecular flexibility index (Phi) is 4.41. The van der Waals surface area contributed by atoms with Gasteiger partial charge in [-0.25, -0.2) is 4.98 Å². The van der Waals surface area contributed by atoms with Crippen molar-refractivity contribution in [1.82, 2.24) is 14.5 Å². The largest absolute Gasteiger partial charge is 0.346 e. The molecule has 6 nitrogen and oxygen atoms in total. The van der Waals surface area contributed by atoms with Crippen molar-refractivity contribution in [3.63, 3.8) is 0 Å². The zero-order valence-corrected chi connectivity index (χ0v) is 13.1. The van der Waals surface area contributed by atoms with E-state index in [0.29, 0.717) is 25.5 Å². The fourth-order valence-corrected chi connectivity index (χ4v) is 2.72. The van der Waals surface area contributed by atoms with E-state index in [0.717, 1.165) is 5.56 Å². The van der Waals surface area contributed by atoms with E-state index in [4.69, 9.17) is 0 Å². The van der Waals surface area contributed by atoms with Crippen LogP contribution < -0.4 is 5.32 Å². The molecule has 0 aliphatic carbocycles. The molecule has 1 N–H and O–H groups in total. The summed E-state index contributed by atoms with van der Waals surface area (Å²) in [5.74, 6) is 0.127. The number of nitrogens with one attached hydrogen (secondary N) is 1. The average Bonchev–Trinajstić information content (AvgIpc) is 2.98. The number of carbonyl (C=O) groups is 2. The molecule has 23 heavy (non-hydrogen) atoms. The Morgan fingerprint density at radius 3 is 2.87 bits per heavy atom. The predicted octanol–water partition coefficient (Wildman–Crippen LogP) is 1.74. The number of carbonyl (C=O) groups excluding carboxylic acids is 2. The van der Waals surface area contributed by atoms with Gasteiger partial charge in [0.2, 0.25) is 17.8 Å². The first-order valence-electron chi connectivity index (χ1n) is 7.73. The second-order valence-electron chi connectivity index (χ2n) is 5.86. The van der Waals surface area contributed by atoms with Crippen molar-refractivity contribution >= 4 is 17.8 Å². The zero-order chi connectivity index (χ0) is 16.2. The Labute approximate surface area is 135 Å². The summed E-state index contributed by atoms with van der Waals surface area (Å²) in [4.78, 5) is 30.0. The number of imidazole rings is 1. The lowest BCUT2D eigenvalue weighted by Crippen LogP contribution is -2.40. The molecular formula is C17H20N4O2. The van der Waals surface area contributed by atoms with Crippen LogP contribution in [0, 0.1) is 5.92 Å². The maximum atomic E-state index is 12.4. The molecule has 0 spiro atoms. The van der Waals surface area contributed by atoms with Gasteiger partial charge in [0.05, 0.1) is 6.54 Å². The zero-order valence-electron chi connectivity index (χ0n) is 13.1. The molecule has 1 fully saturated rings. The number of likely N-dealkylation sites (tertiary alicyclic amines) is 1. The highest BCUT2D eigenvalue weighted by atomic mass is 16.2. The molecule has 0 saturated carbocycles. The van der Waals surface area contributed by atoms with Crippen LogP contribution in [-0.4, -0.2) is 39.9 Å². The number of piperidine rings is 1. The minimum Gasteiger partial charge on any atom is -0.346 e. The first-order valence-corrected chi connectivity index (χ1v) is 7.73. The smallest absolute Gasteiger partial charge is 0.230 e. The van der Waals surface area contributed by atoms with Crippen LogP contribution in [0.25, 0.3) is 0 Å². The van der Waals surface area contributed by atoms with Gasteiger partial charge in [-0.1, -0.05) is 30.3 Å². The van der Waals surface area contributed by atoms with Gasteiger partial charge in [0.15, 0.2) is 0 Å². The number of rotatable bonds is 4. The highest BCUT2D eigenvalue weighted by Gasteiger charge is 2.29. The molecule has 1 saturated heterocycles. The van der Waals surface area contributed by atoms with Crippen LogP contribution in [0.15, 0.2) is 42.7 Å². The van der Waals surface area contributed by atoms with Gasteiger partial charge in [-0.15, -0.1) is 0 Å². The normalized spacial score (nSPS) is 18.0. The summed E-state index contributed by atoms with van der Waals surface area (Å²) >= 11 is 0. The quantitative estimate of drug-likeness (QED) is 0.935. The van der Waals surface area contributed by atoms with Crippen molar-refractivity contribution in [3.05, 3.63) is 48.3 Å². The first-order chi connectivity index (χ1) is 11.1. The van der Waals surface area contributed by atoms with E-state index in [1.54, 1.807) is 18.1 Å². The van der Waals surface area contributed by atoms with Gasteiger partial charge in [-0.3, -0.25) is 14.9 Å². The maximum Gasteiger partial charge on any atom is 0.230 e. The third-order valence-corrected chi connectivity index (χ3v) is 4.18. The van der Waals surface area contributed by atoms with Crippen molar-refractivity contribution < 1.29 is 9.59 Å². The SMILES string of the molecule is CN1CCC(C(=O)Nc2nccn2Cc2ccccc2)CC1=O. The lowest BCUT2D eigenvalue weighted by atomic mass is 9.96. The van der Waals surface area contributed by atoms with E-state index >= 15 is 0 Å². The molecule has 1 aromatic heterocycles. The van der Waals surface area contributed by atoms with E-state index < -0.39 is 0 Å². The van der Waals surface area contributed by atoms with E-state index in [2.05, 4.69) is 10.3 Å². The van der Waals surface area contributed by atoms with Crippen molar-refractivity contribution in [3.8, 4) is 0 Å². The Bertz CT molecular complexity index is 696. The Balaban J connectivity index is 1.66. The predicted molar refractivity (Wildman–Crippen MR) is 86.8 cm³/mol. The van der Waals surface area contributed by atoms with Gasteiger partial charge in [0.1, 0.15) is 0 Å². The summed E-state index contributed by atoms with van der Waals surface area (Å²) in [6.45, 7) is 1.26. The molecule has 1 aromatic carbocycles. The molecule has 2 heterocycles. The number of anilines is 1. The minimum atomic E-state index is -0.277. The average molecular weight is 312 g/mol. The molecule has 3 rings (SSSR count). The highest BCUT2D eigenvalue weighted by Crippen LogP contribution is 2.19. The van der Waals surface area contributed by atoms with Gasteiger partial charge in [-0.2, -0.15) is 0 Å². The Morgan fingerprint density at radius 1 is 1.35 bits per heavy atom. The van der Waals surface area contributed by atoms with Crippen molar-refractivity contribution in [1.29, 1.82) is 0 Å². The van der Waals surface area contributed by atoms with Gasteiger partial charge < -0.3 is 9.47 Å². The molecule has 0 bridgehead atoms. The van der Waals surface area contributed by atoms with Crippen LogP contribution >= 0.6 is 0 Å². The maximum absolute atomic E-state index is 12.4. The summed E-state index contributed by atoms with van der Waals surface area (Å²) in [6.07, 6.45) is 4.45. The van der Waals surface area contributed by atoms with Crippen LogP contribution in [-0.2, 0) is 16.1 Å². The number of aromatic nitrogens is 2. The minimum absolute atomic E-state index is 0.0176. The van der Waals surface area contributed by atoms with Crippen LogP contribution in [0.4, 0.5) is 5.95 Å². The summed E-state index contributed by atoms with van der Waals surface area (Å²) in [6, 6.07) is 9.99. The second kappa shape index (κ2) is 6.64. The second-order valence-corrected chi connectivity index (χ2v) is 5.86. The Morgan fingerprint density at radius 2 is 2.13 bits per heavy atom. The first kappa shape index (κ1) is 15.3. The molecule has 1 atom stereocenters. The molecular weight excluding hydrogens is 292 g/mol. The van der Waals surface area contributed by atoms with Gasteiger partial charge in [-0.05, 0) is 12.0 Å². The van der Waals surface area contributed by atoms with E-state index in [9.17, 15) is 9.59 Å². The third kappa shape index (κ3) is 3.59. The van der Waals surface area contributed by atoms with Crippen molar-refractivity contribution in [2.45, 2.75) is 19.4 Å². The molecule has 1 unspecified atom stereocenters. The topological polar surface area (TPSA) is 67.2 Å². The lowest BCUT2D eigenvalue weighted by molar-refractivity contribution is -0.137. The van der Waals surface area contributed by atoms with E-state index in [1.165, 1.54) is 0 Å². The molecule has 0 radical (unpaired) electrons. The molecule has 6 heteroatoms. The number of benzene rings is 1. The van der Waals surface area contributed by atoms with Crippen molar-refractivity contribution in [2.24, 2.45) is 5.92 Å². The molecule has 1 aliphatic heterocycles. The molecule has 2 amide bonds. The summed E-state index contributed by atoms with van der Waals surface area (Å²) < 4.78 is 1.89.